The zero-order valence-corrected chi connectivity index (χ0v) is 19.9. The van der Waals surface area contributed by atoms with Crippen LogP contribution in [0.4, 0.5) is 5.13 Å². The average molecular weight is 520 g/mol. The predicted octanol–water partition coefficient (Wildman–Crippen LogP) is 3.35. The van der Waals surface area contributed by atoms with Gasteiger partial charge in [0.2, 0.25) is 11.0 Å². The molecule has 1 aromatic heterocycles. The number of para-hydroxylation sites is 1. The topological polar surface area (TPSA) is 121 Å². The first kappa shape index (κ1) is 23.5. The van der Waals surface area contributed by atoms with Crippen LogP contribution in [0.5, 0.6) is 17.2 Å². The van der Waals surface area contributed by atoms with Crippen LogP contribution in [-0.4, -0.2) is 42.6 Å². The van der Waals surface area contributed by atoms with Crippen LogP contribution in [0.2, 0.25) is 0 Å². The van der Waals surface area contributed by atoms with E-state index in [1.807, 2.05) is 31.2 Å². The number of halogens is 1. The highest BCUT2D eigenvalue weighted by Crippen LogP contribution is 2.36. The molecule has 1 amide bonds. The number of aromatic nitrogens is 2. The number of nitrogens with one attached hydrogen (secondary N) is 1. The fraction of sp³-hybridized carbons (Fsp3) is 0.238. The number of aryl methyl sites for hydroxylation is 1. The fourth-order valence-corrected chi connectivity index (χ4v) is 3.84. The van der Waals surface area contributed by atoms with Gasteiger partial charge in [0.05, 0.1) is 24.2 Å². The van der Waals surface area contributed by atoms with Crippen LogP contribution in [0.15, 0.2) is 46.0 Å². The van der Waals surface area contributed by atoms with Crippen LogP contribution in [-0.2, 0) is 11.2 Å². The van der Waals surface area contributed by atoms with Crippen molar-refractivity contribution in [3.63, 3.8) is 0 Å². The van der Waals surface area contributed by atoms with E-state index >= 15 is 0 Å². The van der Waals surface area contributed by atoms with Gasteiger partial charge in [-0.3, -0.25) is 4.79 Å². The number of nitrogens with two attached hydrogens (primary N) is 1. The molecule has 0 fully saturated rings. The zero-order valence-electron chi connectivity index (χ0n) is 17.5. The third kappa shape index (κ3) is 6.66. The second-order valence-corrected chi connectivity index (χ2v) is 8.45. The van der Waals surface area contributed by atoms with Crippen LogP contribution in [0.25, 0.3) is 0 Å². The Bertz CT molecular complexity index is 1110. The maximum atomic E-state index is 11.9. The third-order valence-electron chi connectivity index (χ3n) is 4.13. The number of nitrogens with zero attached hydrogens (tertiary/aromatic N) is 3. The van der Waals surface area contributed by atoms with E-state index in [0.717, 1.165) is 22.6 Å². The molecule has 3 rings (SSSR count). The van der Waals surface area contributed by atoms with Crippen LogP contribution in [0.1, 0.15) is 16.1 Å². The quantitative estimate of drug-likeness (QED) is 0.239. The van der Waals surface area contributed by atoms with Gasteiger partial charge in [-0.25, -0.2) is 5.43 Å². The van der Waals surface area contributed by atoms with Gasteiger partial charge < -0.3 is 19.9 Å². The lowest BCUT2D eigenvalue weighted by molar-refractivity contribution is -0.120. The molecule has 168 valence electrons. The molecule has 0 unspecified atom stereocenters. The average Bonchev–Trinajstić information content (AvgIpc) is 3.17. The molecule has 3 N–H and O–H groups in total. The van der Waals surface area contributed by atoms with Crippen molar-refractivity contribution < 1.29 is 19.0 Å². The van der Waals surface area contributed by atoms with Gasteiger partial charge >= 0.3 is 0 Å². The Morgan fingerprint density at radius 1 is 1.22 bits per heavy atom. The molecule has 2 aromatic carbocycles. The lowest BCUT2D eigenvalue weighted by atomic mass is 10.2. The summed E-state index contributed by atoms with van der Waals surface area (Å²) in [5, 5.41) is 12.3. The van der Waals surface area contributed by atoms with Crippen molar-refractivity contribution in [1.29, 1.82) is 0 Å². The maximum Gasteiger partial charge on any atom is 0.247 e. The first-order valence-corrected chi connectivity index (χ1v) is 11.2. The van der Waals surface area contributed by atoms with Crippen molar-refractivity contribution >= 4 is 44.5 Å². The molecular weight excluding hydrogens is 498 g/mol. The van der Waals surface area contributed by atoms with Gasteiger partial charge in [-0.05, 0) is 52.2 Å². The molecule has 3 aromatic rings. The molecular formula is C21H22BrN5O4S. The second-order valence-electron chi connectivity index (χ2n) is 6.50. The normalized spacial score (nSPS) is 10.8. The number of carbonyl (C=O) groups excluding carboxylic acids is 1. The Hall–Kier alpha value is -3.18. The number of rotatable bonds is 10. The summed E-state index contributed by atoms with van der Waals surface area (Å²) in [5.74, 6) is 1.57. The Kier molecular flexibility index (Phi) is 8.40. The van der Waals surface area contributed by atoms with E-state index in [4.69, 9.17) is 19.9 Å². The molecule has 0 spiro atoms. The van der Waals surface area contributed by atoms with Gasteiger partial charge in [0, 0.05) is 0 Å². The van der Waals surface area contributed by atoms with E-state index in [9.17, 15) is 4.79 Å². The summed E-state index contributed by atoms with van der Waals surface area (Å²) < 4.78 is 17.7. The molecule has 32 heavy (non-hydrogen) atoms. The largest absolute Gasteiger partial charge is 0.493 e. The summed E-state index contributed by atoms with van der Waals surface area (Å²) in [6, 6.07) is 11.4. The SMILES string of the molecule is COc1cc(C=NNC(=O)Cc2nnc(N)s2)cc(Br)c1OCCOc1ccccc1C. The zero-order chi connectivity index (χ0) is 22.9. The van der Waals surface area contributed by atoms with Crippen LogP contribution in [0.3, 0.4) is 0 Å². The first-order valence-electron chi connectivity index (χ1n) is 9.54. The number of nitrogen functional groups attached to an aromatic ring is 1. The van der Waals surface area contributed by atoms with E-state index in [-0.39, 0.29) is 12.3 Å². The summed E-state index contributed by atoms with van der Waals surface area (Å²) in [6.07, 6.45) is 1.56. The molecule has 9 nitrogen and oxygen atoms in total. The highest BCUT2D eigenvalue weighted by Gasteiger charge is 2.12. The summed E-state index contributed by atoms with van der Waals surface area (Å²) in [5.41, 5.74) is 9.72. The van der Waals surface area contributed by atoms with E-state index in [0.29, 0.717) is 44.9 Å². The standard InChI is InChI=1S/C21H22BrN5O4S/c1-13-5-3-4-6-16(13)30-7-8-31-20-15(22)9-14(10-17(20)29-2)12-24-25-18(28)11-19-26-27-21(23)32-19/h3-6,9-10,12H,7-8,11H2,1-2H3,(H2,23,27)(H,25,28). The van der Waals surface area contributed by atoms with E-state index in [2.05, 4.69) is 36.7 Å². The van der Waals surface area contributed by atoms with Crippen LogP contribution in [0, 0.1) is 6.92 Å². The van der Waals surface area contributed by atoms with Gasteiger partial charge in [0.15, 0.2) is 11.5 Å². The number of anilines is 1. The van der Waals surface area contributed by atoms with Crippen LogP contribution >= 0.6 is 27.3 Å². The molecule has 0 saturated heterocycles. The fourth-order valence-electron chi connectivity index (χ4n) is 2.66. The number of amides is 1. The monoisotopic (exact) mass is 519 g/mol. The summed E-state index contributed by atoms with van der Waals surface area (Å²) in [6.45, 7) is 2.71. The number of carbonyl (C=O) groups is 1. The Labute approximate surface area is 197 Å². The van der Waals surface area contributed by atoms with Crippen LogP contribution < -0.4 is 25.4 Å². The molecule has 0 atom stereocenters. The number of hydrogen-bond acceptors (Lipinski definition) is 9. The van der Waals surface area contributed by atoms with E-state index in [1.54, 1.807) is 19.2 Å². The third-order valence-corrected chi connectivity index (χ3v) is 5.47. The Morgan fingerprint density at radius 3 is 2.72 bits per heavy atom. The molecule has 0 aliphatic carbocycles. The minimum absolute atomic E-state index is 0.0522. The molecule has 0 radical (unpaired) electrons. The van der Waals surface area contributed by atoms with Gasteiger partial charge in [0.1, 0.15) is 24.0 Å². The Balaban J connectivity index is 1.54. The molecule has 0 saturated carbocycles. The molecule has 0 aliphatic heterocycles. The molecule has 11 heteroatoms. The molecule has 1 heterocycles. The lowest BCUT2D eigenvalue weighted by Gasteiger charge is -2.14. The predicted molar refractivity (Wildman–Crippen MR) is 127 cm³/mol. The smallest absolute Gasteiger partial charge is 0.247 e. The lowest BCUT2D eigenvalue weighted by Crippen LogP contribution is -2.19. The minimum atomic E-state index is -0.322. The van der Waals surface area contributed by atoms with E-state index < -0.39 is 0 Å². The van der Waals surface area contributed by atoms with Gasteiger partial charge in [0.25, 0.3) is 0 Å². The second kappa shape index (κ2) is 11.4. The number of hydrazone groups is 1. The van der Waals surface area contributed by atoms with Crippen molar-refractivity contribution in [2.24, 2.45) is 5.10 Å². The summed E-state index contributed by atoms with van der Waals surface area (Å²) in [7, 11) is 1.55. The number of methoxy groups -OCH3 is 1. The van der Waals surface area contributed by atoms with Gasteiger partial charge in [-0.1, -0.05) is 29.5 Å². The highest BCUT2D eigenvalue weighted by molar-refractivity contribution is 9.10. The Morgan fingerprint density at radius 2 is 2.00 bits per heavy atom. The number of benzene rings is 2. The van der Waals surface area contributed by atoms with Gasteiger partial charge in [-0.2, -0.15) is 5.10 Å². The van der Waals surface area contributed by atoms with Crippen molar-refractivity contribution in [3.05, 3.63) is 57.0 Å². The van der Waals surface area contributed by atoms with E-state index in [1.165, 1.54) is 6.21 Å². The molecule has 0 bridgehead atoms. The number of ether oxygens (including phenoxy) is 3. The van der Waals surface area contributed by atoms with Crippen molar-refractivity contribution in [2.45, 2.75) is 13.3 Å². The molecule has 0 aliphatic rings. The summed E-state index contributed by atoms with van der Waals surface area (Å²) in [4.78, 5) is 11.9. The minimum Gasteiger partial charge on any atom is -0.493 e. The van der Waals surface area contributed by atoms with Gasteiger partial charge in [-0.15, -0.1) is 10.2 Å². The van der Waals surface area contributed by atoms with Crippen molar-refractivity contribution in [1.82, 2.24) is 15.6 Å². The van der Waals surface area contributed by atoms with Crippen molar-refractivity contribution in [3.8, 4) is 17.2 Å². The maximum absolute atomic E-state index is 11.9. The van der Waals surface area contributed by atoms with Crippen molar-refractivity contribution in [2.75, 3.05) is 26.1 Å². The summed E-state index contributed by atoms with van der Waals surface area (Å²) >= 11 is 4.65. The highest BCUT2D eigenvalue weighted by atomic mass is 79.9. The number of hydrogen-bond donors (Lipinski definition) is 2. The first-order chi connectivity index (χ1) is 15.5.